The van der Waals surface area contributed by atoms with E-state index in [2.05, 4.69) is 20.8 Å². The molecule has 1 aliphatic carbocycles. The topological polar surface area (TPSA) is 76.4 Å². The van der Waals surface area contributed by atoms with Crippen LogP contribution in [0.25, 0.3) is 0 Å². The van der Waals surface area contributed by atoms with Crippen LogP contribution in [-0.2, 0) is 18.3 Å². The van der Waals surface area contributed by atoms with Crippen LogP contribution >= 0.6 is 0 Å². The number of rotatable bonds is 5. The highest BCUT2D eigenvalue weighted by atomic mass is 16.5. The summed E-state index contributed by atoms with van der Waals surface area (Å²) in [5.74, 6) is 3.29. The maximum Gasteiger partial charge on any atom is 0.191 e. The minimum absolute atomic E-state index is 0.533. The molecule has 0 radical (unpaired) electrons. The molecule has 7 heteroatoms. The van der Waals surface area contributed by atoms with Crippen molar-refractivity contribution in [2.24, 2.45) is 18.0 Å². The molecule has 24 heavy (non-hydrogen) atoms. The fourth-order valence-corrected chi connectivity index (χ4v) is 3.32. The van der Waals surface area contributed by atoms with E-state index in [1.807, 2.05) is 18.5 Å². The van der Waals surface area contributed by atoms with Crippen LogP contribution in [0.15, 0.2) is 4.99 Å². The van der Waals surface area contributed by atoms with Gasteiger partial charge in [-0.2, -0.15) is 0 Å². The molecule has 2 N–H and O–H groups in total. The average Bonchev–Trinajstić information content (AvgIpc) is 3.23. The van der Waals surface area contributed by atoms with E-state index >= 15 is 0 Å². The van der Waals surface area contributed by atoms with Crippen molar-refractivity contribution in [1.82, 2.24) is 25.4 Å². The number of nitrogens with zero attached hydrogens (tertiary/aromatic N) is 4. The number of aliphatic imine (C=N–C) groups is 1. The van der Waals surface area contributed by atoms with E-state index in [9.17, 15) is 0 Å². The molecule has 1 aromatic heterocycles. The molecule has 1 saturated carbocycles. The summed E-state index contributed by atoms with van der Waals surface area (Å²) < 4.78 is 7.46. The Morgan fingerprint density at radius 1 is 1.25 bits per heavy atom. The minimum Gasteiger partial charge on any atom is -0.381 e. The van der Waals surface area contributed by atoms with Crippen LogP contribution in [0.5, 0.6) is 0 Å². The molecule has 0 amide bonds. The van der Waals surface area contributed by atoms with Gasteiger partial charge >= 0.3 is 0 Å². The summed E-state index contributed by atoms with van der Waals surface area (Å²) in [6, 6.07) is 0.533. The zero-order valence-electron chi connectivity index (χ0n) is 14.9. The molecular weight excluding hydrogens is 304 g/mol. The summed E-state index contributed by atoms with van der Waals surface area (Å²) in [4.78, 5) is 4.75. The SMILES string of the molecule is Cc1nnc(CN=C(NCC2CCOC2)NC2CCCCC2)n1C. The van der Waals surface area contributed by atoms with Crippen LogP contribution < -0.4 is 10.6 Å². The Hall–Kier alpha value is -1.63. The number of hydrogen-bond acceptors (Lipinski definition) is 4. The molecule has 2 aliphatic rings. The van der Waals surface area contributed by atoms with E-state index in [0.717, 1.165) is 43.8 Å². The molecule has 0 bridgehead atoms. The average molecular weight is 334 g/mol. The Morgan fingerprint density at radius 3 is 2.75 bits per heavy atom. The highest BCUT2D eigenvalue weighted by Crippen LogP contribution is 2.17. The molecule has 2 fully saturated rings. The summed E-state index contributed by atoms with van der Waals surface area (Å²) in [7, 11) is 1.98. The summed E-state index contributed by atoms with van der Waals surface area (Å²) in [6.07, 6.45) is 7.57. The molecule has 134 valence electrons. The minimum atomic E-state index is 0.533. The summed E-state index contributed by atoms with van der Waals surface area (Å²) >= 11 is 0. The molecule has 1 saturated heterocycles. The first-order chi connectivity index (χ1) is 11.7. The lowest BCUT2D eigenvalue weighted by Crippen LogP contribution is -2.45. The third-order valence-corrected chi connectivity index (χ3v) is 5.09. The Labute approximate surface area is 144 Å². The fourth-order valence-electron chi connectivity index (χ4n) is 3.32. The summed E-state index contributed by atoms with van der Waals surface area (Å²) in [5, 5.41) is 15.4. The normalized spacial score (nSPS) is 22.8. The second kappa shape index (κ2) is 8.46. The van der Waals surface area contributed by atoms with Crippen molar-refractivity contribution in [1.29, 1.82) is 0 Å². The first kappa shape index (κ1) is 17.2. The summed E-state index contributed by atoms with van der Waals surface area (Å²) in [5.41, 5.74) is 0. The van der Waals surface area contributed by atoms with Gasteiger partial charge in [-0.05, 0) is 26.2 Å². The van der Waals surface area contributed by atoms with Crippen molar-refractivity contribution >= 4 is 5.96 Å². The smallest absolute Gasteiger partial charge is 0.191 e. The van der Waals surface area contributed by atoms with Gasteiger partial charge in [0.2, 0.25) is 0 Å². The Balaban J connectivity index is 1.60. The lowest BCUT2D eigenvalue weighted by atomic mass is 9.96. The molecule has 1 aliphatic heterocycles. The quantitative estimate of drug-likeness (QED) is 0.631. The molecule has 1 unspecified atom stereocenters. The van der Waals surface area contributed by atoms with Gasteiger partial charge in [0, 0.05) is 32.2 Å². The molecule has 1 atom stereocenters. The molecule has 7 nitrogen and oxygen atoms in total. The van der Waals surface area contributed by atoms with Crippen molar-refractivity contribution in [2.45, 2.75) is 58.0 Å². The molecule has 0 aromatic carbocycles. The third kappa shape index (κ3) is 4.69. The van der Waals surface area contributed by atoms with Crippen molar-refractivity contribution in [3.8, 4) is 0 Å². The van der Waals surface area contributed by atoms with Gasteiger partial charge in [0.1, 0.15) is 12.4 Å². The van der Waals surface area contributed by atoms with Gasteiger partial charge in [-0.15, -0.1) is 10.2 Å². The van der Waals surface area contributed by atoms with Crippen molar-refractivity contribution < 1.29 is 4.74 Å². The molecule has 3 rings (SSSR count). The lowest BCUT2D eigenvalue weighted by Gasteiger charge is -2.25. The van der Waals surface area contributed by atoms with Crippen LogP contribution in [0.4, 0.5) is 0 Å². The number of ether oxygens (including phenoxy) is 1. The lowest BCUT2D eigenvalue weighted by molar-refractivity contribution is 0.186. The molecule has 0 spiro atoms. The van der Waals surface area contributed by atoms with Crippen LogP contribution in [-0.4, -0.2) is 46.5 Å². The van der Waals surface area contributed by atoms with Crippen LogP contribution in [0, 0.1) is 12.8 Å². The maximum absolute atomic E-state index is 5.47. The predicted molar refractivity (Wildman–Crippen MR) is 93.8 cm³/mol. The fraction of sp³-hybridized carbons (Fsp3) is 0.824. The van der Waals surface area contributed by atoms with E-state index in [1.54, 1.807) is 0 Å². The number of hydrogen-bond donors (Lipinski definition) is 2. The van der Waals surface area contributed by atoms with Gasteiger partial charge in [0.15, 0.2) is 11.8 Å². The van der Waals surface area contributed by atoms with Gasteiger partial charge in [-0.3, -0.25) is 0 Å². The highest BCUT2D eigenvalue weighted by Gasteiger charge is 2.18. The molecular formula is C17H30N6O. The number of nitrogens with one attached hydrogen (secondary N) is 2. The van der Waals surface area contributed by atoms with Crippen LogP contribution in [0.2, 0.25) is 0 Å². The van der Waals surface area contributed by atoms with Crippen molar-refractivity contribution in [3.05, 3.63) is 11.6 Å². The predicted octanol–water partition coefficient (Wildman–Crippen LogP) is 1.53. The second-order valence-electron chi connectivity index (χ2n) is 6.98. The zero-order valence-corrected chi connectivity index (χ0v) is 14.9. The van der Waals surface area contributed by atoms with Gasteiger partial charge in [-0.25, -0.2) is 4.99 Å². The third-order valence-electron chi connectivity index (χ3n) is 5.09. The Kier molecular flexibility index (Phi) is 6.07. The number of aryl methyl sites for hydroxylation is 1. The van der Waals surface area contributed by atoms with Crippen molar-refractivity contribution in [3.63, 3.8) is 0 Å². The largest absolute Gasteiger partial charge is 0.381 e. The second-order valence-corrected chi connectivity index (χ2v) is 6.98. The monoisotopic (exact) mass is 334 g/mol. The first-order valence-electron chi connectivity index (χ1n) is 9.20. The first-order valence-corrected chi connectivity index (χ1v) is 9.20. The van der Waals surface area contributed by atoms with Gasteiger partial charge in [0.05, 0.1) is 6.61 Å². The van der Waals surface area contributed by atoms with Gasteiger partial charge in [-0.1, -0.05) is 19.3 Å². The molecule has 1 aromatic rings. The number of guanidine groups is 1. The Bertz CT molecular complexity index is 543. The standard InChI is InChI=1S/C17H30N6O/c1-13-21-22-16(23(13)2)11-19-17(18-10-14-8-9-24-12-14)20-15-6-4-3-5-7-15/h14-15H,3-12H2,1-2H3,(H2,18,19,20). The van der Waals surface area contributed by atoms with E-state index < -0.39 is 0 Å². The maximum atomic E-state index is 5.47. The van der Waals surface area contributed by atoms with E-state index in [4.69, 9.17) is 9.73 Å². The highest BCUT2D eigenvalue weighted by molar-refractivity contribution is 5.80. The van der Waals surface area contributed by atoms with Crippen LogP contribution in [0.3, 0.4) is 0 Å². The Morgan fingerprint density at radius 2 is 2.08 bits per heavy atom. The summed E-state index contributed by atoms with van der Waals surface area (Å²) in [6.45, 7) is 5.15. The van der Waals surface area contributed by atoms with Crippen LogP contribution in [0.1, 0.15) is 50.2 Å². The van der Waals surface area contributed by atoms with Gasteiger partial charge < -0.3 is 19.9 Å². The van der Waals surface area contributed by atoms with Gasteiger partial charge in [0.25, 0.3) is 0 Å². The van der Waals surface area contributed by atoms with Crippen molar-refractivity contribution in [2.75, 3.05) is 19.8 Å². The molecule has 2 heterocycles. The number of aromatic nitrogens is 3. The zero-order chi connectivity index (χ0) is 16.8. The van der Waals surface area contributed by atoms with E-state index in [-0.39, 0.29) is 0 Å². The van der Waals surface area contributed by atoms with E-state index in [1.165, 1.54) is 32.1 Å². The van der Waals surface area contributed by atoms with E-state index in [0.29, 0.717) is 18.5 Å².